The summed E-state index contributed by atoms with van der Waals surface area (Å²) in [4.78, 5) is 16.6. The molecule has 24 heavy (non-hydrogen) atoms. The highest BCUT2D eigenvalue weighted by atomic mass is 32.1. The fourth-order valence-electron chi connectivity index (χ4n) is 2.30. The van der Waals surface area contributed by atoms with Crippen molar-refractivity contribution in [2.24, 2.45) is 0 Å². The zero-order valence-electron chi connectivity index (χ0n) is 13.3. The van der Waals surface area contributed by atoms with E-state index in [1.54, 1.807) is 0 Å². The number of rotatable bonds is 6. The molecule has 0 saturated carbocycles. The summed E-state index contributed by atoms with van der Waals surface area (Å²) in [5.41, 5.74) is 2.49. The second-order valence-electron chi connectivity index (χ2n) is 5.45. The number of carbonyl (C=O) groups is 1. The summed E-state index contributed by atoms with van der Waals surface area (Å²) < 4.78 is 5.54. The number of aliphatic hydroxyl groups excluding tert-OH is 1. The monoisotopic (exact) mass is 342 g/mol. The smallest absolute Gasteiger partial charge is 0.230 e. The Labute approximate surface area is 144 Å². The lowest BCUT2D eigenvalue weighted by Crippen LogP contribution is -2.14. The molecule has 2 heterocycles. The first kappa shape index (κ1) is 16.4. The Balaban J connectivity index is 1.59. The number of aromatic nitrogens is 1. The topological polar surface area (TPSA) is 75.4 Å². The van der Waals surface area contributed by atoms with Gasteiger partial charge >= 0.3 is 0 Å². The predicted octanol–water partition coefficient (Wildman–Crippen LogP) is 3.43. The third-order valence-corrected chi connectivity index (χ3v) is 4.39. The molecule has 0 aliphatic carbocycles. The van der Waals surface area contributed by atoms with Crippen LogP contribution in [-0.2, 0) is 17.6 Å². The standard InChI is InChI=1S/C18H18N2O3S/c1-12-2-7-16(23-12)18-20-15(11-24-18)10-17(22)19-14-5-3-13(4-6-14)8-9-21/h2-7,11,21H,8-10H2,1H3,(H,19,22). The lowest BCUT2D eigenvalue weighted by molar-refractivity contribution is -0.115. The van der Waals surface area contributed by atoms with E-state index in [0.717, 1.165) is 33.5 Å². The van der Waals surface area contributed by atoms with E-state index in [1.807, 2.05) is 48.7 Å². The van der Waals surface area contributed by atoms with Crippen LogP contribution in [0, 0.1) is 6.92 Å². The second-order valence-corrected chi connectivity index (χ2v) is 6.31. The Morgan fingerprint density at radius 2 is 2.04 bits per heavy atom. The van der Waals surface area contributed by atoms with Gasteiger partial charge in [-0.2, -0.15) is 0 Å². The Kier molecular flexibility index (Phi) is 5.08. The van der Waals surface area contributed by atoms with Gasteiger partial charge in [0, 0.05) is 17.7 Å². The zero-order chi connectivity index (χ0) is 16.9. The van der Waals surface area contributed by atoms with E-state index >= 15 is 0 Å². The number of hydrogen-bond acceptors (Lipinski definition) is 5. The van der Waals surface area contributed by atoms with Crippen LogP contribution in [-0.4, -0.2) is 22.6 Å². The molecule has 0 unspecified atom stereocenters. The van der Waals surface area contributed by atoms with E-state index in [0.29, 0.717) is 6.42 Å². The van der Waals surface area contributed by atoms with Crippen LogP contribution in [0.25, 0.3) is 10.8 Å². The summed E-state index contributed by atoms with van der Waals surface area (Å²) in [7, 11) is 0. The van der Waals surface area contributed by atoms with Crippen molar-refractivity contribution in [1.82, 2.24) is 4.98 Å². The van der Waals surface area contributed by atoms with Crippen LogP contribution >= 0.6 is 11.3 Å². The van der Waals surface area contributed by atoms with Crippen molar-refractivity contribution in [3.63, 3.8) is 0 Å². The summed E-state index contributed by atoms with van der Waals surface area (Å²) in [6.45, 7) is 2.00. The first-order valence-electron chi connectivity index (χ1n) is 7.65. The third kappa shape index (κ3) is 4.10. The molecule has 124 valence electrons. The van der Waals surface area contributed by atoms with Gasteiger partial charge in [-0.3, -0.25) is 4.79 Å². The number of benzene rings is 1. The summed E-state index contributed by atoms with van der Waals surface area (Å²) >= 11 is 1.46. The SMILES string of the molecule is Cc1ccc(-c2nc(CC(=O)Nc3ccc(CCO)cc3)cs2)o1. The maximum atomic E-state index is 12.1. The molecule has 0 aliphatic rings. The number of aryl methyl sites for hydroxylation is 1. The summed E-state index contributed by atoms with van der Waals surface area (Å²) in [6.07, 6.45) is 0.830. The van der Waals surface area contributed by atoms with Gasteiger partial charge in [-0.05, 0) is 43.2 Å². The molecule has 1 aromatic carbocycles. The van der Waals surface area contributed by atoms with Crippen LogP contribution in [0.5, 0.6) is 0 Å². The summed E-state index contributed by atoms with van der Waals surface area (Å²) in [5.74, 6) is 1.45. The highest BCUT2D eigenvalue weighted by Crippen LogP contribution is 2.25. The largest absolute Gasteiger partial charge is 0.459 e. The van der Waals surface area contributed by atoms with Crippen LogP contribution in [0.3, 0.4) is 0 Å². The van der Waals surface area contributed by atoms with Crippen molar-refractivity contribution >= 4 is 22.9 Å². The minimum absolute atomic E-state index is 0.114. The second kappa shape index (κ2) is 7.42. The molecule has 0 atom stereocenters. The molecule has 1 amide bonds. The molecular weight excluding hydrogens is 324 g/mol. The first-order valence-corrected chi connectivity index (χ1v) is 8.53. The minimum atomic E-state index is -0.114. The van der Waals surface area contributed by atoms with Crippen LogP contribution < -0.4 is 5.32 Å². The van der Waals surface area contributed by atoms with Gasteiger partial charge in [-0.1, -0.05) is 12.1 Å². The highest BCUT2D eigenvalue weighted by Gasteiger charge is 2.11. The maximum absolute atomic E-state index is 12.1. The molecule has 2 N–H and O–H groups in total. The lowest BCUT2D eigenvalue weighted by atomic mass is 10.1. The van der Waals surface area contributed by atoms with Crippen LogP contribution in [0.4, 0.5) is 5.69 Å². The Bertz CT molecular complexity index is 821. The van der Waals surface area contributed by atoms with Gasteiger partial charge in [0.25, 0.3) is 0 Å². The molecule has 3 aromatic rings. The molecule has 0 fully saturated rings. The van der Waals surface area contributed by atoms with E-state index in [4.69, 9.17) is 9.52 Å². The number of carbonyl (C=O) groups excluding carboxylic acids is 1. The van der Waals surface area contributed by atoms with Gasteiger partial charge in [0.1, 0.15) is 5.76 Å². The van der Waals surface area contributed by atoms with Crippen LogP contribution in [0.1, 0.15) is 17.0 Å². The molecule has 0 saturated heterocycles. The van der Waals surface area contributed by atoms with Gasteiger partial charge in [0.05, 0.1) is 12.1 Å². The molecular formula is C18H18N2O3S. The van der Waals surface area contributed by atoms with E-state index in [2.05, 4.69) is 10.3 Å². The molecule has 5 nitrogen and oxygen atoms in total. The Morgan fingerprint density at radius 3 is 2.71 bits per heavy atom. The lowest BCUT2D eigenvalue weighted by Gasteiger charge is -2.05. The Morgan fingerprint density at radius 1 is 1.25 bits per heavy atom. The molecule has 3 rings (SSSR count). The van der Waals surface area contributed by atoms with Crippen molar-refractivity contribution in [2.45, 2.75) is 19.8 Å². The zero-order valence-corrected chi connectivity index (χ0v) is 14.1. The van der Waals surface area contributed by atoms with Gasteiger partial charge in [0.2, 0.25) is 5.91 Å². The fraction of sp³-hybridized carbons (Fsp3) is 0.222. The quantitative estimate of drug-likeness (QED) is 0.720. The van der Waals surface area contributed by atoms with Crippen LogP contribution in [0.15, 0.2) is 46.2 Å². The van der Waals surface area contributed by atoms with Crippen molar-refractivity contribution in [3.05, 3.63) is 58.8 Å². The van der Waals surface area contributed by atoms with E-state index < -0.39 is 0 Å². The van der Waals surface area contributed by atoms with E-state index in [-0.39, 0.29) is 18.9 Å². The average Bonchev–Trinajstić information content (AvgIpc) is 3.18. The summed E-state index contributed by atoms with van der Waals surface area (Å²) in [5, 5.41) is 14.4. The van der Waals surface area contributed by atoms with Crippen molar-refractivity contribution in [2.75, 3.05) is 11.9 Å². The van der Waals surface area contributed by atoms with Crippen molar-refractivity contribution < 1.29 is 14.3 Å². The number of nitrogens with one attached hydrogen (secondary N) is 1. The van der Waals surface area contributed by atoms with E-state index in [1.165, 1.54) is 11.3 Å². The number of hydrogen-bond donors (Lipinski definition) is 2. The average molecular weight is 342 g/mol. The first-order chi connectivity index (χ1) is 11.6. The highest BCUT2D eigenvalue weighted by molar-refractivity contribution is 7.13. The molecule has 2 aromatic heterocycles. The normalized spacial score (nSPS) is 10.8. The predicted molar refractivity (Wildman–Crippen MR) is 94.1 cm³/mol. The number of aliphatic hydroxyl groups is 1. The van der Waals surface area contributed by atoms with Gasteiger partial charge < -0.3 is 14.8 Å². The molecule has 0 aliphatic heterocycles. The third-order valence-electron chi connectivity index (χ3n) is 3.48. The van der Waals surface area contributed by atoms with E-state index in [9.17, 15) is 4.79 Å². The molecule has 0 bridgehead atoms. The number of anilines is 1. The maximum Gasteiger partial charge on any atom is 0.230 e. The number of amides is 1. The van der Waals surface area contributed by atoms with Gasteiger partial charge in [-0.25, -0.2) is 4.98 Å². The molecule has 6 heteroatoms. The number of nitrogens with zero attached hydrogens (tertiary/aromatic N) is 1. The number of furan rings is 1. The Hall–Kier alpha value is -2.44. The fourth-order valence-corrected chi connectivity index (χ4v) is 3.08. The van der Waals surface area contributed by atoms with Crippen molar-refractivity contribution in [3.8, 4) is 10.8 Å². The molecule has 0 radical (unpaired) electrons. The summed E-state index contributed by atoms with van der Waals surface area (Å²) in [6, 6.07) is 11.2. The molecule has 0 spiro atoms. The number of thiazole rings is 1. The van der Waals surface area contributed by atoms with Gasteiger partial charge in [-0.15, -0.1) is 11.3 Å². The van der Waals surface area contributed by atoms with Crippen LogP contribution in [0.2, 0.25) is 0 Å². The van der Waals surface area contributed by atoms with Crippen molar-refractivity contribution in [1.29, 1.82) is 0 Å². The van der Waals surface area contributed by atoms with Gasteiger partial charge in [0.15, 0.2) is 10.8 Å². The minimum Gasteiger partial charge on any atom is -0.459 e.